The van der Waals surface area contributed by atoms with Crippen molar-refractivity contribution in [3.8, 4) is 5.82 Å². The Bertz CT molecular complexity index is 1150. The third-order valence-corrected chi connectivity index (χ3v) is 4.22. The van der Waals surface area contributed by atoms with Gasteiger partial charge < -0.3 is 5.32 Å². The predicted octanol–water partition coefficient (Wildman–Crippen LogP) is 3.82. The highest BCUT2D eigenvalue weighted by atomic mass is 19.1. The number of amides is 1. The maximum Gasteiger partial charge on any atom is 0.256 e. The van der Waals surface area contributed by atoms with Gasteiger partial charge in [0.1, 0.15) is 17.5 Å². The average molecular weight is 361 g/mol. The Kier molecular flexibility index (Phi) is 4.12. The molecule has 6 nitrogen and oxygen atoms in total. The van der Waals surface area contributed by atoms with Crippen molar-refractivity contribution in [2.75, 3.05) is 5.32 Å². The van der Waals surface area contributed by atoms with E-state index in [4.69, 9.17) is 0 Å². The van der Waals surface area contributed by atoms with E-state index in [0.717, 1.165) is 5.82 Å². The van der Waals surface area contributed by atoms with Gasteiger partial charge in [0.15, 0.2) is 0 Å². The molecule has 7 heteroatoms. The van der Waals surface area contributed by atoms with Gasteiger partial charge in [-0.25, -0.2) is 14.4 Å². The highest BCUT2D eigenvalue weighted by Gasteiger charge is 2.13. The number of imidazole rings is 1. The number of nitrogens with zero attached hydrogens (tertiary/aromatic N) is 4. The molecule has 0 saturated heterocycles. The lowest BCUT2D eigenvalue weighted by atomic mass is 10.1. The molecule has 1 N–H and O–H groups in total. The molecule has 0 fully saturated rings. The highest BCUT2D eigenvalue weighted by Crippen LogP contribution is 2.21. The molecule has 0 saturated carbocycles. The van der Waals surface area contributed by atoms with Gasteiger partial charge in [0.25, 0.3) is 5.91 Å². The SMILES string of the molecule is Cc1cc(C(=O)Nc2ccc(-n3ccnc3C)nc2)c2ccc(F)cc2n1. The molecule has 0 bridgehead atoms. The zero-order valence-electron chi connectivity index (χ0n) is 14.8. The van der Waals surface area contributed by atoms with Gasteiger partial charge in [0, 0.05) is 29.5 Å². The molecule has 0 aliphatic heterocycles. The summed E-state index contributed by atoms with van der Waals surface area (Å²) in [6, 6.07) is 9.47. The van der Waals surface area contributed by atoms with Gasteiger partial charge in [-0.1, -0.05) is 0 Å². The minimum absolute atomic E-state index is 0.300. The minimum atomic E-state index is -0.387. The summed E-state index contributed by atoms with van der Waals surface area (Å²) in [5.74, 6) is 0.848. The number of aromatic nitrogens is 4. The van der Waals surface area contributed by atoms with E-state index in [1.54, 1.807) is 43.6 Å². The van der Waals surface area contributed by atoms with Crippen molar-refractivity contribution in [3.63, 3.8) is 0 Å². The van der Waals surface area contributed by atoms with Gasteiger partial charge in [0.05, 0.1) is 23.0 Å². The molecule has 0 aliphatic carbocycles. The molecule has 3 aromatic heterocycles. The summed E-state index contributed by atoms with van der Waals surface area (Å²) in [5, 5.41) is 3.43. The largest absolute Gasteiger partial charge is 0.321 e. The molecule has 4 rings (SSSR count). The summed E-state index contributed by atoms with van der Waals surface area (Å²) in [4.78, 5) is 25.6. The molecule has 27 heavy (non-hydrogen) atoms. The first-order valence-electron chi connectivity index (χ1n) is 8.36. The summed E-state index contributed by atoms with van der Waals surface area (Å²) in [5.41, 5.74) is 2.09. The van der Waals surface area contributed by atoms with E-state index in [0.29, 0.717) is 33.7 Å². The van der Waals surface area contributed by atoms with Crippen LogP contribution in [-0.4, -0.2) is 25.4 Å². The minimum Gasteiger partial charge on any atom is -0.321 e. The quantitative estimate of drug-likeness (QED) is 0.602. The number of benzene rings is 1. The maximum absolute atomic E-state index is 13.5. The summed E-state index contributed by atoms with van der Waals surface area (Å²) in [6.45, 7) is 3.65. The van der Waals surface area contributed by atoms with E-state index < -0.39 is 0 Å². The van der Waals surface area contributed by atoms with Crippen molar-refractivity contribution in [3.05, 3.63) is 77.9 Å². The fourth-order valence-electron chi connectivity index (χ4n) is 2.94. The van der Waals surface area contributed by atoms with Crippen LogP contribution in [0.25, 0.3) is 16.7 Å². The van der Waals surface area contributed by atoms with Crippen LogP contribution in [0.3, 0.4) is 0 Å². The number of hydrogen-bond acceptors (Lipinski definition) is 4. The van der Waals surface area contributed by atoms with E-state index in [-0.39, 0.29) is 11.7 Å². The number of halogens is 1. The van der Waals surface area contributed by atoms with Gasteiger partial charge >= 0.3 is 0 Å². The standard InChI is InChI=1S/C20H16FN5O/c1-12-9-17(16-5-3-14(21)10-18(16)24-12)20(27)25-15-4-6-19(23-11-15)26-8-7-22-13(26)2/h3-11H,1-2H3,(H,25,27). The first-order chi connectivity index (χ1) is 13.0. The number of anilines is 1. The van der Waals surface area contributed by atoms with E-state index >= 15 is 0 Å². The Morgan fingerprint density at radius 1 is 1.11 bits per heavy atom. The van der Waals surface area contributed by atoms with Crippen molar-refractivity contribution in [2.45, 2.75) is 13.8 Å². The van der Waals surface area contributed by atoms with Crippen molar-refractivity contribution < 1.29 is 9.18 Å². The van der Waals surface area contributed by atoms with E-state index in [9.17, 15) is 9.18 Å². The number of nitrogens with one attached hydrogen (secondary N) is 1. The van der Waals surface area contributed by atoms with Gasteiger partial charge in [-0.05, 0) is 44.2 Å². The molecule has 1 aromatic carbocycles. The molecule has 0 atom stereocenters. The Hall–Kier alpha value is -3.61. The molecule has 4 aromatic rings. The van der Waals surface area contributed by atoms with Crippen molar-refractivity contribution in [2.24, 2.45) is 0 Å². The van der Waals surface area contributed by atoms with Crippen molar-refractivity contribution >= 4 is 22.5 Å². The van der Waals surface area contributed by atoms with Gasteiger partial charge in [-0.3, -0.25) is 14.3 Å². The second kappa shape index (κ2) is 6.60. The topological polar surface area (TPSA) is 72.7 Å². The maximum atomic E-state index is 13.5. The second-order valence-corrected chi connectivity index (χ2v) is 6.18. The number of aryl methyl sites for hydroxylation is 2. The Balaban J connectivity index is 1.63. The molecular formula is C20H16FN5O. The first-order valence-corrected chi connectivity index (χ1v) is 8.36. The van der Waals surface area contributed by atoms with E-state index in [2.05, 4.69) is 20.3 Å². The number of carbonyl (C=O) groups excluding carboxylic acids is 1. The fourth-order valence-corrected chi connectivity index (χ4v) is 2.94. The number of pyridine rings is 2. The summed E-state index contributed by atoms with van der Waals surface area (Å²) in [6.07, 6.45) is 5.11. The number of hydrogen-bond donors (Lipinski definition) is 1. The van der Waals surface area contributed by atoms with Gasteiger partial charge in [0.2, 0.25) is 0 Å². The average Bonchev–Trinajstić information content (AvgIpc) is 3.07. The number of fused-ring (bicyclic) bond motifs is 1. The molecular weight excluding hydrogens is 345 g/mol. The van der Waals surface area contributed by atoms with Crippen molar-refractivity contribution in [1.82, 2.24) is 19.5 Å². The number of carbonyl (C=O) groups is 1. The fraction of sp³-hybridized carbons (Fsp3) is 0.100. The molecule has 134 valence electrons. The molecule has 0 aliphatic rings. The third kappa shape index (κ3) is 3.27. The summed E-state index contributed by atoms with van der Waals surface area (Å²) in [7, 11) is 0. The first kappa shape index (κ1) is 16.8. The smallest absolute Gasteiger partial charge is 0.256 e. The van der Waals surface area contributed by atoms with Gasteiger partial charge in [-0.2, -0.15) is 0 Å². The lowest BCUT2D eigenvalue weighted by Gasteiger charge is -2.10. The van der Waals surface area contributed by atoms with Crippen molar-refractivity contribution in [1.29, 1.82) is 0 Å². The lowest BCUT2D eigenvalue weighted by Crippen LogP contribution is -2.13. The molecule has 0 radical (unpaired) electrons. The summed E-state index contributed by atoms with van der Waals surface area (Å²) >= 11 is 0. The number of rotatable bonds is 3. The van der Waals surface area contributed by atoms with Crippen LogP contribution in [0, 0.1) is 19.7 Å². The lowest BCUT2D eigenvalue weighted by molar-refractivity contribution is 0.102. The van der Waals surface area contributed by atoms with Crippen LogP contribution in [0.4, 0.5) is 10.1 Å². The monoisotopic (exact) mass is 361 g/mol. The summed E-state index contributed by atoms with van der Waals surface area (Å²) < 4.78 is 15.3. The molecule has 0 spiro atoms. The van der Waals surface area contributed by atoms with Crippen LogP contribution in [0.5, 0.6) is 0 Å². The Morgan fingerprint density at radius 3 is 2.67 bits per heavy atom. The van der Waals surface area contributed by atoms with Crippen LogP contribution in [0.1, 0.15) is 21.9 Å². The van der Waals surface area contributed by atoms with Crippen LogP contribution in [-0.2, 0) is 0 Å². The molecule has 1 amide bonds. The normalized spacial score (nSPS) is 10.9. The third-order valence-electron chi connectivity index (χ3n) is 4.22. The van der Waals surface area contributed by atoms with Gasteiger partial charge in [-0.15, -0.1) is 0 Å². The Morgan fingerprint density at radius 2 is 1.96 bits per heavy atom. The van der Waals surface area contributed by atoms with Crippen LogP contribution in [0.15, 0.2) is 55.0 Å². The second-order valence-electron chi connectivity index (χ2n) is 6.18. The van der Waals surface area contributed by atoms with Crippen LogP contribution in [0.2, 0.25) is 0 Å². The van der Waals surface area contributed by atoms with E-state index in [1.807, 2.05) is 17.7 Å². The highest BCUT2D eigenvalue weighted by molar-refractivity contribution is 6.12. The zero-order chi connectivity index (χ0) is 19.0. The molecule has 0 unspecified atom stereocenters. The van der Waals surface area contributed by atoms with Crippen LogP contribution < -0.4 is 5.32 Å². The van der Waals surface area contributed by atoms with Crippen LogP contribution >= 0.6 is 0 Å². The molecule has 3 heterocycles. The zero-order valence-corrected chi connectivity index (χ0v) is 14.8. The van der Waals surface area contributed by atoms with E-state index in [1.165, 1.54) is 12.1 Å². The Labute approximate surface area is 154 Å². The predicted molar refractivity (Wildman–Crippen MR) is 100 cm³/mol.